The summed E-state index contributed by atoms with van der Waals surface area (Å²) in [6.45, 7) is 4.42. The first-order valence-corrected chi connectivity index (χ1v) is 14.8. The van der Waals surface area contributed by atoms with Crippen molar-refractivity contribution in [3.8, 4) is 16.3 Å². The van der Waals surface area contributed by atoms with Crippen LogP contribution in [0.25, 0.3) is 10.6 Å². The summed E-state index contributed by atoms with van der Waals surface area (Å²) < 4.78 is 5.19. The number of allylic oxidation sites excluding steroid dienone is 4. The van der Waals surface area contributed by atoms with Gasteiger partial charge < -0.3 is 20.3 Å². The largest absolute Gasteiger partial charge is 0.497 e. The van der Waals surface area contributed by atoms with Crippen LogP contribution in [0.15, 0.2) is 47.8 Å². The Morgan fingerprint density at radius 1 is 0.805 bits per heavy atom. The van der Waals surface area contributed by atoms with Gasteiger partial charge in [-0.2, -0.15) is 0 Å². The highest BCUT2D eigenvalue weighted by Gasteiger charge is 2.31. The molecule has 5 rings (SSSR count). The fraction of sp³-hybridized carbons (Fsp3) is 0.310. The Labute approximate surface area is 245 Å². The first-order chi connectivity index (χ1) is 19.7. The van der Waals surface area contributed by atoms with Crippen LogP contribution in [-0.2, 0) is 0 Å². The fourth-order valence-electron chi connectivity index (χ4n) is 4.54. The van der Waals surface area contributed by atoms with Crippen LogP contribution in [0.2, 0.25) is 0 Å². The summed E-state index contributed by atoms with van der Waals surface area (Å²) in [7, 11) is 3.59. The van der Waals surface area contributed by atoms with Crippen LogP contribution in [-0.4, -0.2) is 78.3 Å². The standard InChI is InChI=1S/C29H29N5O5S2/c1-16-32-24-25(37)19(15-22(36)27(24)40-16)30-10-4-12-34(2)13-5-11-31-20-14-21(35)23-28(26(20)38)41-29(33-23)17-6-8-18(39-3)9-7-17/h6-9,14-15,30-31H,4-5,10-13H2,1-3H3. The molecular weight excluding hydrogens is 562 g/mol. The minimum absolute atomic E-state index is 0.185. The van der Waals surface area contributed by atoms with Gasteiger partial charge in [0.05, 0.1) is 23.5 Å². The number of carbonyl (C=O) groups excluding carboxylic acids is 4. The number of rotatable bonds is 12. The number of nitrogens with one attached hydrogen (secondary N) is 2. The first kappa shape index (κ1) is 28.5. The maximum atomic E-state index is 13.1. The zero-order chi connectivity index (χ0) is 29.1. The molecule has 2 aliphatic rings. The van der Waals surface area contributed by atoms with E-state index in [9.17, 15) is 19.2 Å². The molecule has 1 aromatic carbocycles. The summed E-state index contributed by atoms with van der Waals surface area (Å²) in [5.41, 5.74) is 1.84. The number of fused-ring (bicyclic) bond motifs is 2. The highest BCUT2D eigenvalue weighted by molar-refractivity contribution is 7.17. The molecule has 10 nitrogen and oxygen atoms in total. The number of nitrogens with zero attached hydrogens (tertiary/aromatic N) is 3. The number of aryl methyl sites for hydroxylation is 1. The Balaban J connectivity index is 1.04. The molecule has 0 radical (unpaired) electrons. The molecule has 0 atom stereocenters. The predicted molar refractivity (Wildman–Crippen MR) is 157 cm³/mol. The number of ketones is 4. The Bertz CT molecular complexity index is 1580. The van der Waals surface area contributed by atoms with E-state index in [1.807, 2.05) is 31.3 Å². The van der Waals surface area contributed by atoms with E-state index >= 15 is 0 Å². The van der Waals surface area contributed by atoms with Crippen LogP contribution in [0.1, 0.15) is 58.2 Å². The second-order valence-corrected chi connectivity index (χ2v) is 11.9. The topological polar surface area (TPSA) is 131 Å². The molecule has 3 aromatic rings. The lowest BCUT2D eigenvalue weighted by Crippen LogP contribution is -2.31. The highest BCUT2D eigenvalue weighted by Crippen LogP contribution is 2.33. The van der Waals surface area contributed by atoms with Gasteiger partial charge in [0.1, 0.15) is 31.9 Å². The van der Waals surface area contributed by atoms with Crippen molar-refractivity contribution < 1.29 is 23.9 Å². The van der Waals surface area contributed by atoms with Gasteiger partial charge in [0.2, 0.25) is 17.3 Å². The summed E-state index contributed by atoms with van der Waals surface area (Å²) in [6.07, 6.45) is 4.23. The van der Waals surface area contributed by atoms with Crippen LogP contribution in [0.4, 0.5) is 0 Å². The summed E-state index contributed by atoms with van der Waals surface area (Å²) in [4.78, 5) is 62.1. The minimum atomic E-state index is -0.280. The maximum Gasteiger partial charge on any atom is 0.228 e. The van der Waals surface area contributed by atoms with Gasteiger partial charge in [-0.1, -0.05) is 0 Å². The van der Waals surface area contributed by atoms with E-state index < -0.39 is 0 Å². The molecule has 2 aromatic heterocycles. The van der Waals surface area contributed by atoms with Crippen LogP contribution in [0, 0.1) is 6.92 Å². The number of hydrogen-bond donors (Lipinski definition) is 2. The average molecular weight is 592 g/mol. The maximum absolute atomic E-state index is 13.1. The normalized spacial score (nSPS) is 14.5. The van der Waals surface area contributed by atoms with Crippen molar-refractivity contribution in [3.05, 3.63) is 74.0 Å². The Hall–Kier alpha value is -4.00. The molecule has 0 aliphatic heterocycles. The Morgan fingerprint density at radius 3 is 2.10 bits per heavy atom. The van der Waals surface area contributed by atoms with Crippen molar-refractivity contribution in [2.24, 2.45) is 0 Å². The van der Waals surface area contributed by atoms with Crippen molar-refractivity contribution in [1.29, 1.82) is 0 Å². The van der Waals surface area contributed by atoms with Gasteiger partial charge in [0.15, 0.2) is 5.78 Å². The molecule has 212 valence electrons. The van der Waals surface area contributed by atoms with Crippen LogP contribution >= 0.6 is 22.7 Å². The van der Waals surface area contributed by atoms with E-state index in [4.69, 9.17) is 4.74 Å². The highest BCUT2D eigenvalue weighted by atomic mass is 32.1. The molecule has 12 heteroatoms. The summed E-state index contributed by atoms with van der Waals surface area (Å²) in [5.74, 6) is -0.210. The number of aromatic nitrogens is 2. The smallest absolute Gasteiger partial charge is 0.228 e. The fourth-order valence-corrected chi connectivity index (χ4v) is 6.40. The lowest BCUT2D eigenvalue weighted by molar-refractivity contribution is 0.0977. The third kappa shape index (κ3) is 6.19. The lowest BCUT2D eigenvalue weighted by atomic mass is 10.0. The lowest BCUT2D eigenvalue weighted by Gasteiger charge is -2.18. The molecule has 0 spiro atoms. The molecule has 0 unspecified atom stereocenters. The van der Waals surface area contributed by atoms with Crippen molar-refractivity contribution in [2.75, 3.05) is 40.3 Å². The van der Waals surface area contributed by atoms with Crippen LogP contribution in [0.3, 0.4) is 0 Å². The summed E-state index contributed by atoms with van der Waals surface area (Å²) >= 11 is 2.46. The van der Waals surface area contributed by atoms with Crippen molar-refractivity contribution in [2.45, 2.75) is 19.8 Å². The first-order valence-electron chi connectivity index (χ1n) is 13.2. The Morgan fingerprint density at radius 2 is 1.44 bits per heavy atom. The number of methoxy groups -OCH3 is 1. The number of ether oxygens (including phenoxy) is 1. The number of Topliss-reactive ketones (excluding diaryl/α,β-unsaturated/α-hetero) is 2. The molecule has 0 fully saturated rings. The third-order valence-corrected chi connectivity index (χ3v) is 8.77. The number of carbonyl (C=O) groups is 4. The van der Waals surface area contributed by atoms with Gasteiger partial charge in [0.25, 0.3) is 0 Å². The quantitative estimate of drug-likeness (QED) is 0.301. The molecule has 2 aliphatic carbocycles. The molecular formula is C29H29N5O5S2. The van der Waals surface area contributed by atoms with Crippen LogP contribution < -0.4 is 15.4 Å². The van der Waals surface area contributed by atoms with Gasteiger partial charge in [-0.25, -0.2) is 9.97 Å². The van der Waals surface area contributed by atoms with E-state index in [0.29, 0.717) is 44.3 Å². The summed E-state index contributed by atoms with van der Waals surface area (Å²) in [5, 5.41) is 7.52. The number of hydrogen-bond acceptors (Lipinski definition) is 12. The predicted octanol–water partition coefficient (Wildman–Crippen LogP) is 3.70. The average Bonchev–Trinajstić information content (AvgIpc) is 3.59. The van der Waals surface area contributed by atoms with E-state index in [-0.39, 0.29) is 40.2 Å². The third-order valence-electron chi connectivity index (χ3n) is 6.68. The monoisotopic (exact) mass is 591 g/mol. The molecule has 0 bridgehead atoms. The number of benzene rings is 1. The van der Waals surface area contributed by atoms with Crippen molar-refractivity contribution in [1.82, 2.24) is 25.5 Å². The zero-order valence-electron chi connectivity index (χ0n) is 22.9. The number of thiazole rings is 2. The molecule has 0 amide bonds. The van der Waals surface area contributed by atoms with E-state index in [0.717, 1.165) is 31.5 Å². The molecule has 0 saturated heterocycles. The molecule has 2 heterocycles. The second-order valence-electron chi connectivity index (χ2n) is 9.70. The van der Waals surface area contributed by atoms with Crippen molar-refractivity contribution in [3.63, 3.8) is 0 Å². The minimum Gasteiger partial charge on any atom is -0.497 e. The zero-order valence-corrected chi connectivity index (χ0v) is 24.5. The van der Waals surface area contributed by atoms with Gasteiger partial charge in [-0.15, -0.1) is 22.7 Å². The van der Waals surface area contributed by atoms with Crippen molar-refractivity contribution >= 4 is 45.8 Å². The van der Waals surface area contributed by atoms with Gasteiger partial charge in [-0.05, 0) is 64.2 Å². The second kappa shape index (κ2) is 12.2. The molecule has 41 heavy (non-hydrogen) atoms. The van der Waals surface area contributed by atoms with E-state index in [2.05, 4.69) is 25.5 Å². The summed E-state index contributed by atoms with van der Waals surface area (Å²) in [6, 6.07) is 7.33. The van der Waals surface area contributed by atoms with Gasteiger partial charge in [0, 0.05) is 30.8 Å². The Kier molecular flexibility index (Phi) is 8.52. The molecule has 0 saturated carbocycles. The van der Waals surface area contributed by atoms with Gasteiger partial charge >= 0.3 is 0 Å². The molecule has 2 N–H and O–H groups in total. The SMILES string of the molecule is COc1ccc(-c2nc3c(s2)C(=O)C(NCCCN(C)CCCNC2=CC(=O)c4sc(C)nc4C2=O)=CC3=O)cc1. The van der Waals surface area contributed by atoms with Gasteiger partial charge in [-0.3, -0.25) is 19.2 Å². The van der Waals surface area contributed by atoms with E-state index in [1.54, 1.807) is 14.0 Å². The van der Waals surface area contributed by atoms with Crippen LogP contribution in [0.5, 0.6) is 5.75 Å². The van der Waals surface area contributed by atoms with E-state index in [1.165, 1.54) is 34.8 Å².